The van der Waals surface area contributed by atoms with Gasteiger partial charge in [-0.1, -0.05) is 13.8 Å². The number of hydrogen-bond donors (Lipinski definition) is 1. The van der Waals surface area contributed by atoms with Crippen molar-refractivity contribution in [2.24, 2.45) is 11.7 Å². The zero-order valence-corrected chi connectivity index (χ0v) is 13.4. The van der Waals surface area contributed by atoms with Crippen molar-refractivity contribution in [2.45, 2.75) is 39.2 Å². The Bertz CT molecular complexity index is 433. The summed E-state index contributed by atoms with van der Waals surface area (Å²) in [5.74, 6) is 1.06. The summed E-state index contributed by atoms with van der Waals surface area (Å²) in [4.78, 5) is 15.5. The molecule has 2 heterocycles. The van der Waals surface area contributed by atoms with Gasteiger partial charge in [0.05, 0.1) is 4.88 Å². The van der Waals surface area contributed by atoms with E-state index in [1.165, 1.54) is 5.56 Å². The number of likely N-dealkylation sites (tertiary alicyclic amines) is 1. The number of rotatable bonds is 3. The number of halogens is 1. The van der Waals surface area contributed by atoms with E-state index in [4.69, 9.17) is 5.73 Å². The topological polar surface area (TPSA) is 46.3 Å². The van der Waals surface area contributed by atoms with Crippen LogP contribution in [-0.4, -0.2) is 29.9 Å². The highest BCUT2D eigenvalue weighted by molar-refractivity contribution is 7.12. The lowest BCUT2D eigenvalue weighted by Gasteiger charge is -2.22. The van der Waals surface area contributed by atoms with Crippen LogP contribution in [0, 0.1) is 5.92 Å². The van der Waals surface area contributed by atoms with E-state index in [9.17, 15) is 4.79 Å². The molecule has 1 saturated heterocycles. The molecule has 0 aliphatic carbocycles. The summed E-state index contributed by atoms with van der Waals surface area (Å²) in [5, 5.41) is 2.02. The van der Waals surface area contributed by atoms with Crippen molar-refractivity contribution in [2.75, 3.05) is 13.1 Å². The van der Waals surface area contributed by atoms with Crippen molar-refractivity contribution in [3.63, 3.8) is 0 Å². The molecular formula is C14H23ClN2OS. The third-order valence-corrected chi connectivity index (χ3v) is 4.69. The zero-order valence-electron chi connectivity index (χ0n) is 11.8. The molecule has 0 saturated carbocycles. The van der Waals surface area contributed by atoms with Gasteiger partial charge >= 0.3 is 0 Å². The van der Waals surface area contributed by atoms with Gasteiger partial charge in [0.2, 0.25) is 0 Å². The lowest BCUT2D eigenvalue weighted by atomic mass is 10.0. The SMILES string of the molecule is CC(C)c1ccsc1C(=O)N1CC(CN)CC1C.Cl. The van der Waals surface area contributed by atoms with Crippen LogP contribution < -0.4 is 5.73 Å². The van der Waals surface area contributed by atoms with Crippen LogP contribution in [0.4, 0.5) is 0 Å². The third-order valence-electron chi connectivity index (χ3n) is 3.77. The molecule has 0 bridgehead atoms. The zero-order chi connectivity index (χ0) is 13.3. The predicted octanol–water partition coefficient (Wildman–Crippen LogP) is 3.10. The monoisotopic (exact) mass is 302 g/mol. The van der Waals surface area contributed by atoms with Crippen molar-refractivity contribution in [3.05, 3.63) is 21.9 Å². The number of carbonyl (C=O) groups excluding carboxylic acids is 1. The van der Waals surface area contributed by atoms with Crippen molar-refractivity contribution >= 4 is 29.7 Å². The first-order valence-corrected chi connectivity index (χ1v) is 7.51. The minimum absolute atomic E-state index is 0. The summed E-state index contributed by atoms with van der Waals surface area (Å²) in [6.45, 7) is 7.88. The van der Waals surface area contributed by atoms with Gasteiger partial charge in [0, 0.05) is 12.6 Å². The normalized spacial score (nSPS) is 22.7. The van der Waals surface area contributed by atoms with E-state index in [0.717, 1.165) is 17.8 Å². The Labute approximate surface area is 125 Å². The molecule has 0 aromatic carbocycles. The van der Waals surface area contributed by atoms with Gasteiger partial charge in [0.25, 0.3) is 5.91 Å². The number of carbonyl (C=O) groups is 1. The van der Waals surface area contributed by atoms with Gasteiger partial charge in [-0.05, 0) is 48.7 Å². The largest absolute Gasteiger partial charge is 0.335 e. The molecule has 1 aromatic heterocycles. The first kappa shape index (κ1) is 16.5. The molecule has 3 nitrogen and oxygen atoms in total. The van der Waals surface area contributed by atoms with Gasteiger partial charge in [-0.2, -0.15) is 0 Å². The van der Waals surface area contributed by atoms with Gasteiger partial charge < -0.3 is 10.6 Å². The molecular weight excluding hydrogens is 280 g/mol. The van der Waals surface area contributed by atoms with Crippen molar-refractivity contribution in [1.82, 2.24) is 4.90 Å². The second kappa shape index (κ2) is 6.73. The van der Waals surface area contributed by atoms with Gasteiger partial charge in [-0.3, -0.25) is 4.79 Å². The molecule has 1 aromatic rings. The molecule has 2 unspecified atom stereocenters. The summed E-state index contributed by atoms with van der Waals surface area (Å²) in [5.41, 5.74) is 6.89. The smallest absolute Gasteiger partial charge is 0.264 e. The van der Waals surface area contributed by atoms with Crippen LogP contribution in [0.5, 0.6) is 0 Å². The maximum atomic E-state index is 12.6. The van der Waals surface area contributed by atoms with Gasteiger partial charge in [-0.25, -0.2) is 0 Å². The standard InChI is InChI=1S/C14H22N2OS.ClH/c1-9(2)12-4-5-18-13(12)14(17)16-8-11(7-15)6-10(16)3;/h4-5,9-11H,6-8,15H2,1-3H3;1H. The summed E-state index contributed by atoms with van der Waals surface area (Å²) in [6.07, 6.45) is 1.03. The van der Waals surface area contributed by atoms with E-state index < -0.39 is 0 Å². The summed E-state index contributed by atoms with van der Waals surface area (Å²) in [6, 6.07) is 2.39. The number of nitrogens with zero attached hydrogens (tertiary/aromatic N) is 1. The number of hydrogen-bond acceptors (Lipinski definition) is 3. The Morgan fingerprint density at radius 2 is 2.26 bits per heavy atom. The van der Waals surface area contributed by atoms with Crippen molar-refractivity contribution < 1.29 is 4.79 Å². The van der Waals surface area contributed by atoms with E-state index in [1.54, 1.807) is 11.3 Å². The minimum atomic E-state index is 0. The Morgan fingerprint density at radius 3 is 2.79 bits per heavy atom. The highest BCUT2D eigenvalue weighted by Crippen LogP contribution is 2.30. The van der Waals surface area contributed by atoms with E-state index in [2.05, 4.69) is 26.8 Å². The van der Waals surface area contributed by atoms with E-state index >= 15 is 0 Å². The Balaban J connectivity index is 0.00000180. The average molecular weight is 303 g/mol. The van der Waals surface area contributed by atoms with Crippen LogP contribution in [0.2, 0.25) is 0 Å². The summed E-state index contributed by atoms with van der Waals surface area (Å²) >= 11 is 1.56. The number of thiophene rings is 1. The average Bonchev–Trinajstić information content (AvgIpc) is 2.94. The van der Waals surface area contributed by atoms with E-state index in [1.807, 2.05) is 10.3 Å². The lowest BCUT2D eigenvalue weighted by Crippen LogP contribution is -2.34. The van der Waals surface area contributed by atoms with Gasteiger partial charge in [-0.15, -0.1) is 23.7 Å². The van der Waals surface area contributed by atoms with Crippen LogP contribution in [0.25, 0.3) is 0 Å². The van der Waals surface area contributed by atoms with Gasteiger partial charge in [0.15, 0.2) is 0 Å². The Hall–Kier alpha value is -0.580. The highest BCUT2D eigenvalue weighted by atomic mass is 35.5. The molecule has 2 rings (SSSR count). The van der Waals surface area contributed by atoms with Crippen molar-refractivity contribution in [3.8, 4) is 0 Å². The molecule has 1 fully saturated rings. The van der Waals surface area contributed by atoms with Crippen LogP contribution >= 0.6 is 23.7 Å². The second-order valence-electron chi connectivity index (χ2n) is 5.50. The van der Waals surface area contributed by atoms with Gasteiger partial charge in [0.1, 0.15) is 0 Å². The number of amides is 1. The molecule has 1 aliphatic rings. The fraction of sp³-hybridized carbons (Fsp3) is 0.643. The van der Waals surface area contributed by atoms with Crippen LogP contribution in [0.1, 0.15) is 48.3 Å². The first-order valence-electron chi connectivity index (χ1n) is 6.63. The fourth-order valence-corrected chi connectivity index (χ4v) is 3.68. The van der Waals surface area contributed by atoms with Crippen LogP contribution in [0.3, 0.4) is 0 Å². The molecule has 0 radical (unpaired) electrons. The van der Waals surface area contributed by atoms with Crippen LogP contribution in [0.15, 0.2) is 11.4 Å². The molecule has 0 spiro atoms. The Kier molecular flexibility index (Phi) is 5.83. The predicted molar refractivity (Wildman–Crippen MR) is 83.3 cm³/mol. The maximum Gasteiger partial charge on any atom is 0.264 e. The highest BCUT2D eigenvalue weighted by Gasteiger charge is 2.33. The van der Waals surface area contributed by atoms with Crippen molar-refractivity contribution in [1.29, 1.82) is 0 Å². The van der Waals surface area contributed by atoms with Crippen LogP contribution in [-0.2, 0) is 0 Å². The molecule has 2 atom stereocenters. The molecule has 5 heteroatoms. The summed E-state index contributed by atoms with van der Waals surface area (Å²) < 4.78 is 0. The van der Waals surface area contributed by atoms with E-state index in [-0.39, 0.29) is 18.3 Å². The molecule has 1 aliphatic heterocycles. The maximum absolute atomic E-state index is 12.6. The quantitative estimate of drug-likeness (QED) is 0.932. The molecule has 108 valence electrons. The number of nitrogens with two attached hydrogens (primary N) is 1. The fourth-order valence-electron chi connectivity index (χ4n) is 2.67. The lowest BCUT2D eigenvalue weighted by molar-refractivity contribution is 0.0747. The minimum Gasteiger partial charge on any atom is -0.335 e. The summed E-state index contributed by atoms with van der Waals surface area (Å²) in [7, 11) is 0. The first-order chi connectivity index (χ1) is 8.54. The molecule has 1 amide bonds. The Morgan fingerprint density at radius 1 is 1.58 bits per heavy atom. The molecule has 19 heavy (non-hydrogen) atoms. The second-order valence-corrected chi connectivity index (χ2v) is 6.42. The van der Waals surface area contributed by atoms with E-state index in [0.29, 0.717) is 24.4 Å². The molecule has 2 N–H and O–H groups in total. The third kappa shape index (κ3) is 3.30.